The van der Waals surface area contributed by atoms with Gasteiger partial charge in [-0.1, -0.05) is 30.3 Å². The highest BCUT2D eigenvalue weighted by molar-refractivity contribution is 5.79. The number of hydrogen-bond donors (Lipinski definition) is 0. The van der Waals surface area contributed by atoms with Gasteiger partial charge in [-0.25, -0.2) is 4.39 Å². The van der Waals surface area contributed by atoms with Gasteiger partial charge in [0.1, 0.15) is 17.2 Å². The van der Waals surface area contributed by atoms with Crippen molar-refractivity contribution in [2.24, 2.45) is 0 Å². The van der Waals surface area contributed by atoms with Gasteiger partial charge in [0, 0.05) is 52.4 Å². The summed E-state index contributed by atoms with van der Waals surface area (Å²) in [6, 6.07) is 14.1. The highest BCUT2D eigenvalue weighted by atomic mass is 19.1. The number of rotatable bonds is 4. The third kappa shape index (κ3) is 4.73. The second-order valence-corrected chi connectivity index (χ2v) is 8.90. The van der Waals surface area contributed by atoms with Gasteiger partial charge in [-0.15, -0.1) is 0 Å². The Hall–Kier alpha value is -2.89. The lowest BCUT2D eigenvalue weighted by Gasteiger charge is -2.47. The smallest absolute Gasteiger partial charge is 0.226 e. The predicted molar refractivity (Wildman–Crippen MR) is 116 cm³/mol. The lowest BCUT2D eigenvalue weighted by atomic mass is 9.76. The molecule has 2 aromatic rings. The van der Waals surface area contributed by atoms with Crippen molar-refractivity contribution in [3.8, 4) is 5.75 Å². The van der Waals surface area contributed by atoms with E-state index in [0.29, 0.717) is 19.5 Å². The van der Waals surface area contributed by atoms with E-state index in [-0.39, 0.29) is 35.6 Å². The predicted octanol–water partition coefficient (Wildman–Crippen LogP) is 3.77. The zero-order valence-corrected chi connectivity index (χ0v) is 18.1. The molecular formula is C25H29FN2O3. The van der Waals surface area contributed by atoms with Gasteiger partial charge in [0.25, 0.3) is 0 Å². The Balaban J connectivity index is 1.44. The average Bonchev–Trinajstić information content (AvgIpc) is 2.75. The number of benzene rings is 2. The summed E-state index contributed by atoms with van der Waals surface area (Å²) in [6.45, 7) is 1.24. The maximum Gasteiger partial charge on any atom is 0.226 e. The number of halogens is 1. The van der Waals surface area contributed by atoms with Crippen molar-refractivity contribution in [2.45, 2.75) is 43.6 Å². The Morgan fingerprint density at radius 2 is 1.77 bits per heavy atom. The number of nitrogens with zero attached hydrogens (tertiary/aromatic N) is 2. The molecule has 1 atom stereocenters. The molecule has 2 aliphatic heterocycles. The summed E-state index contributed by atoms with van der Waals surface area (Å²) < 4.78 is 19.6. The molecule has 6 heteroatoms. The molecule has 164 valence electrons. The fourth-order valence-corrected chi connectivity index (χ4v) is 4.68. The number of hydrogen-bond acceptors (Lipinski definition) is 3. The molecule has 1 fully saturated rings. The Morgan fingerprint density at radius 1 is 1.10 bits per heavy atom. The van der Waals surface area contributed by atoms with Crippen LogP contribution < -0.4 is 4.74 Å². The van der Waals surface area contributed by atoms with Crippen LogP contribution in [0.15, 0.2) is 48.5 Å². The van der Waals surface area contributed by atoms with Crippen LogP contribution in [0.5, 0.6) is 5.75 Å². The number of likely N-dealkylation sites (tertiary alicyclic amines) is 1. The largest absolute Gasteiger partial charge is 0.487 e. The molecule has 0 bridgehead atoms. The molecule has 4 rings (SSSR count). The molecule has 0 unspecified atom stereocenters. The number of fused-ring (bicyclic) bond motifs is 1. The Labute approximate surface area is 182 Å². The lowest BCUT2D eigenvalue weighted by molar-refractivity contribution is -0.134. The highest BCUT2D eigenvalue weighted by Crippen LogP contribution is 2.46. The molecule has 0 aromatic heterocycles. The van der Waals surface area contributed by atoms with Crippen molar-refractivity contribution >= 4 is 11.8 Å². The number of ether oxygens (including phenoxy) is 1. The first kappa shape index (κ1) is 21.3. The van der Waals surface area contributed by atoms with E-state index in [2.05, 4.69) is 6.07 Å². The van der Waals surface area contributed by atoms with Gasteiger partial charge in [0.15, 0.2) is 0 Å². The molecule has 2 aliphatic rings. The molecule has 5 nitrogen and oxygen atoms in total. The quantitative estimate of drug-likeness (QED) is 0.751. The van der Waals surface area contributed by atoms with Gasteiger partial charge >= 0.3 is 0 Å². The molecule has 31 heavy (non-hydrogen) atoms. The summed E-state index contributed by atoms with van der Waals surface area (Å²) in [5, 5.41) is 0. The number of amides is 2. The summed E-state index contributed by atoms with van der Waals surface area (Å²) in [6.07, 6.45) is 3.00. The van der Waals surface area contributed by atoms with Crippen molar-refractivity contribution in [1.82, 2.24) is 9.80 Å². The Kier molecular flexibility index (Phi) is 5.99. The minimum absolute atomic E-state index is 0.0528. The fraction of sp³-hybridized carbons (Fsp3) is 0.440. The van der Waals surface area contributed by atoms with Gasteiger partial charge in [0.2, 0.25) is 11.8 Å². The third-order valence-corrected chi connectivity index (χ3v) is 6.52. The number of piperidine rings is 1. The van der Waals surface area contributed by atoms with E-state index in [9.17, 15) is 14.0 Å². The standard InChI is InChI=1S/C25H29FN2O3/c1-27(2)23(29)16-19-17-25(31-22-6-4-3-5-21(19)22)11-13-28(14-12-25)24(30)15-18-7-9-20(26)10-8-18/h3-10,19H,11-17H2,1-2H3/t19-/m0/s1. The zero-order valence-electron chi connectivity index (χ0n) is 18.1. The fourth-order valence-electron chi connectivity index (χ4n) is 4.68. The molecule has 0 radical (unpaired) electrons. The van der Waals surface area contributed by atoms with Crippen LogP contribution >= 0.6 is 0 Å². The normalized spacial score (nSPS) is 19.5. The van der Waals surface area contributed by atoms with Crippen LogP contribution in [0, 0.1) is 5.82 Å². The number of carbonyl (C=O) groups is 2. The third-order valence-electron chi connectivity index (χ3n) is 6.52. The Bertz CT molecular complexity index is 949. The minimum atomic E-state index is -0.349. The van der Waals surface area contributed by atoms with E-state index in [1.165, 1.54) is 12.1 Å². The van der Waals surface area contributed by atoms with Crippen LogP contribution in [0.1, 0.15) is 42.7 Å². The van der Waals surface area contributed by atoms with Crippen molar-refractivity contribution in [2.75, 3.05) is 27.2 Å². The summed E-state index contributed by atoms with van der Waals surface area (Å²) in [7, 11) is 3.57. The van der Waals surface area contributed by atoms with E-state index in [1.807, 2.05) is 23.1 Å². The highest BCUT2D eigenvalue weighted by Gasteiger charge is 2.44. The first-order chi connectivity index (χ1) is 14.8. The molecule has 1 spiro atoms. The molecule has 0 aliphatic carbocycles. The second-order valence-electron chi connectivity index (χ2n) is 8.90. The number of carbonyl (C=O) groups excluding carboxylic acids is 2. The van der Waals surface area contributed by atoms with Crippen LogP contribution in [0.4, 0.5) is 4.39 Å². The van der Waals surface area contributed by atoms with Crippen molar-refractivity contribution in [3.63, 3.8) is 0 Å². The first-order valence-electron chi connectivity index (χ1n) is 10.9. The summed E-state index contributed by atoms with van der Waals surface area (Å²) in [5.41, 5.74) is 1.56. The maximum absolute atomic E-state index is 13.1. The minimum Gasteiger partial charge on any atom is -0.487 e. The van der Waals surface area contributed by atoms with E-state index >= 15 is 0 Å². The van der Waals surface area contributed by atoms with Crippen LogP contribution in [-0.2, 0) is 16.0 Å². The van der Waals surface area contributed by atoms with Crippen LogP contribution in [0.3, 0.4) is 0 Å². The maximum atomic E-state index is 13.1. The lowest BCUT2D eigenvalue weighted by Crippen LogP contribution is -2.52. The van der Waals surface area contributed by atoms with Gasteiger partial charge in [-0.2, -0.15) is 0 Å². The summed E-state index contributed by atoms with van der Waals surface area (Å²) >= 11 is 0. The van der Waals surface area contributed by atoms with E-state index < -0.39 is 0 Å². The molecule has 2 heterocycles. The van der Waals surface area contributed by atoms with E-state index in [0.717, 1.165) is 36.1 Å². The van der Waals surface area contributed by atoms with Gasteiger partial charge in [0.05, 0.1) is 6.42 Å². The summed E-state index contributed by atoms with van der Waals surface area (Å²) in [5.74, 6) is 0.839. The SMILES string of the molecule is CN(C)C(=O)C[C@H]1CC2(CCN(C(=O)Cc3ccc(F)cc3)CC2)Oc2ccccc21. The van der Waals surface area contributed by atoms with Gasteiger partial charge < -0.3 is 14.5 Å². The van der Waals surface area contributed by atoms with Crippen LogP contribution in [-0.4, -0.2) is 54.4 Å². The van der Waals surface area contributed by atoms with E-state index in [1.54, 1.807) is 31.1 Å². The molecule has 1 saturated heterocycles. The molecule has 0 saturated carbocycles. The second kappa shape index (κ2) is 8.69. The molecule has 0 N–H and O–H groups in total. The van der Waals surface area contributed by atoms with Gasteiger partial charge in [-0.3, -0.25) is 9.59 Å². The van der Waals surface area contributed by atoms with Gasteiger partial charge in [-0.05, 0) is 35.7 Å². The van der Waals surface area contributed by atoms with E-state index in [4.69, 9.17) is 4.74 Å². The Morgan fingerprint density at radius 3 is 2.45 bits per heavy atom. The van der Waals surface area contributed by atoms with Crippen molar-refractivity contribution in [1.29, 1.82) is 0 Å². The first-order valence-corrected chi connectivity index (χ1v) is 10.9. The van der Waals surface area contributed by atoms with Crippen molar-refractivity contribution < 1.29 is 18.7 Å². The number of para-hydroxylation sites is 1. The summed E-state index contributed by atoms with van der Waals surface area (Å²) in [4.78, 5) is 28.7. The van der Waals surface area contributed by atoms with Crippen molar-refractivity contribution in [3.05, 3.63) is 65.5 Å². The molecule has 2 aromatic carbocycles. The average molecular weight is 425 g/mol. The molecule has 2 amide bonds. The van der Waals surface area contributed by atoms with Crippen LogP contribution in [0.25, 0.3) is 0 Å². The molecular weight excluding hydrogens is 395 g/mol. The van der Waals surface area contributed by atoms with Crippen LogP contribution in [0.2, 0.25) is 0 Å². The zero-order chi connectivity index (χ0) is 22.0. The monoisotopic (exact) mass is 424 g/mol. The topological polar surface area (TPSA) is 49.9 Å².